The molecule has 0 fully saturated rings. The molecule has 0 aliphatic carbocycles. The van der Waals surface area contributed by atoms with Crippen molar-refractivity contribution < 1.29 is 4.92 Å². The number of pyridine rings is 1. The van der Waals surface area contributed by atoms with E-state index in [2.05, 4.69) is 27.2 Å². The normalized spacial score (nSPS) is 10.2. The molecule has 0 aliphatic heterocycles. The van der Waals surface area contributed by atoms with E-state index in [1.54, 1.807) is 17.0 Å². The second-order valence-corrected chi connectivity index (χ2v) is 4.03. The molecule has 1 N–H and O–H groups in total. The van der Waals surface area contributed by atoms with Gasteiger partial charge >= 0.3 is 5.69 Å². The predicted molar refractivity (Wildman–Crippen MR) is 73.1 cm³/mol. The second-order valence-electron chi connectivity index (χ2n) is 4.03. The average Bonchev–Trinajstić information content (AvgIpc) is 2.91. The van der Waals surface area contributed by atoms with Gasteiger partial charge in [0, 0.05) is 18.8 Å². The highest BCUT2D eigenvalue weighted by atomic mass is 16.6. The van der Waals surface area contributed by atoms with E-state index in [0.29, 0.717) is 18.8 Å². The van der Waals surface area contributed by atoms with Crippen LogP contribution in [-0.4, -0.2) is 24.9 Å². The molecule has 2 rings (SSSR count). The maximum absolute atomic E-state index is 10.8. The fraction of sp³-hybridized carbons (Fsp3) is 0.250. The lowest BCUT2D eigenvalue weighted by Crippen LogP contribution is -2.04. The number of hydrogen-bond donors (Lipinski definition) is 1. The summed E-state index contributed by atoms with van der Waals surface area (Å²) >= 11 is 0. The van der Waals surface area contributed by atoms with Crippen LogP contribution in [0.4, 0.5) is 11.5 Å². The molecular formula is C12H14N6O2. The molecule has 104 valence electrons. The van der Waals surface area contributed by atoms with E-state index in [0.717, 1.165) is 6.42 Å². The van der Waals surface area contributed by atoms with E-state index in [-0.39, 0.29) is 11.5 Å². The van der Waals surface area contributed by atoms with Crippen molar-refractivity contribution in [1.29, 1.82) is 0 Å². The molecule has 2 aromatic heterocycles. The Morgan fingerprint density at radius 3 is 3.15 bits per heavy atom. The number of nitro groups is 1. The first-order valence-corrected chi connectivity index (χ1v) is 6.04. The summed E-state index contributed by atoms with van der Waals surface area (Å²) in [4.78, 5) is 14.3. The molecule has 8 heteroatoms. The number of allylic oxidation sites excluding steroid dienone is 1. The molecular weight excluding hydrogens is 260 g/mol. The van der Waals surface area contributed by atoms with Gasteiger partial charge in [-0.05, 0) is 12.5 Å². The molecule has 0 atom stereocenters. The highest BCUT2D eigenvalue weighted by Crippen LogP contribution is 2.20. The number of nitrogens with zero attached hydrogens (tertiary/aromatic N) is 5. The number of aromatic nitrogens is 4. The van der Waals surface area contributed by atoms with E-state index in [1.165, 1.54) is 18.3 Å². The van der Waals surface area contributed by atoms with Crippen molar-refractivity contribution in [3.05, 3.63) is 53.0 Å². The third kappa shape index (κ3) is 3.37. The van der Waals surface area contributed by atoms with Gasteiger partial charge in [-0.3, -0.25) is 14.8 Å². The number of hydrogen-bond acceptors (Lipinski definition) is 6. The maximum atomic E-state index is 10.8. The molecule has 0 saturated carbocycles. The molecule has 8 nitrogen and oxygen atoms in total. The van der Waals surface area contributed by atoms with Crippen molar-refractivity contribution in [1.82, 2.24) is 20.0 Å². The fourth-order valence-electron chi connectivity index (χ4n) is 1.61. The number of anilines is 1. The zero-order chi connectivity index (χ0) is 14.4. The standard InChI is InChI=1S/C12H14N6O2/c1-2-3-7-17-9-10(15-16-17)8-14-12-11(18(19)20)5-4-6-13-12/h2,4-6,9H,1,3,7-8H2,(H,13,14). The lowest BCUT2D eigenvalue weighted by Gasteiger charge is -2.03. The summed E-state index contributed by atoms with van der Waals surface area (Å²) in [5.74, 6) is 0.221. The minimum absolute atomic E-state index is 0.0634. The van der Waals surface area contributed by atoms with Gasteiger partial charge in [0.25, 0.3) is 0 Å². The number of nitrogens with one attached hydrogen (secondary N) is 1. The van der Waals surface area contributed by atoms with Crippen LogP contribution in [0, 0.1) is 10.1 Å². The topological polar surface area (TPSA) is 98.8 Å². The molecule has 20 heavy (non-hydrogen) atoms. The summed E-state index contributed by atoms with van der Waals surface area (Å²) < 4.78 is 1.70. The van der Waals surface area contributed by atoms with Crippen LogP contribution in [0.1, 0.15) is 12.1 Å². The Kier molecular flexibility index (Phi) is 4.38. The summed E-state index contributed by atoms with van der Waals surface area (Å²) in [5, 5.41) is 21.7. The zero-order valence-electron chi connectivity index (χ0n) is 10.8. The Morgan fingerprint density at radius 1 is 1.55 bits per heavy atom. The molecule has 0 radical (unpaired) electrons. The highest BCUT2D eigenvalue weighted by molar-refractivity contribution is 5.55. The zero-order valence-corrected chi connectivity index (χ0v) is 10.8. The lowest BCUT2D eigenvalue weighted by atomic mass is 10.3. The van der Waals surface area contributed by atoms with E-state index in [1.807, 2.05) is 0 Å². The van der Waals surface area contributed by atoms with Gasteiger partial charge in [0.15, 0.2) is 0 Å². The largest absolute Gasteiger partial charge is 0.359 e. The van der Waals surface area contributed by atoms with E-state index < -0.39 is 4.92 Å². The predicted octanol–water partition coefficient (Wildman–Crippen LogP) is 1.77. The Labute approximate surface area is 115 Å². The van der Waals surface area contributed by atoms with Gasteiger partial charge in [-0.25, -0.2) is 4.98 Å². The fourth-order valence-corrected chi connectivity index (χ4v) is 1.61. The van der Waals surface area contributed by atoms with Crippen molar-refractivity contribution in [2.45, 2.75) is 19.5 Å². The van der Waals surface area contributed by atoms with Gasteiger partial charge in [-0.15, -0.1) is 11.7 Å². The third-order valence-corrected chi connectivity index (χ3v) is 2.57. The summed E-state index contributed by atoms with van der Waals surface area (Å²) in [5.41, 5.74) is 0.626. The van der Waals surface area contributed by atoms with Crippen LogP contribution in [0.2, 0.25) is 0 Å². The van der Waals surface area contributed by atoms with E-state index in [4.69, 9.17) is 0 Å². The molecule has 0 aliphatic rings. The third-order valence-electron chi connectivity index (χ3n) is 2.57. The SMILES string of the molecule is C=CCCn1cc(CNc2ncccc2[N+](=O)[O-])nn1. The quantitative estimate of drug-likeness (QED) is 0.469. The first-order chi connectivity index (χ1) is 9.70. The van der Waals surface area contributed by atoms with Crippen molar-refractivity contribution in [2.24, 2.45) is 0 Å². The van der Waals surface area contributed by atoms with Gasteiger partial charge in [-0.2, -0.15) is 0 Å². The number of aryl methyl sites for hydroxylation is 1. The van der Waals surface area contributed by atoms with Gasteiger partial charge in [0.1, 0.15) is 5.69 Å². The average molecular weight is 274 g/mol. The lowest BCUT2D eigenvalue weighted by molar-refractivity contribution is -0.384. The summed E-state index contributed by atoms with van der Waals surface area (Å²) in [6, 6.07) is 2.92. The Bertz CT molecular complexity index is 609. The molecule has 0 unspecified atom stereocenters. The minimum atomic E-state index is -0.476. The second kappa shape index (κ2) is 6.41. The van der Waals surface area contributed by atoms with Crippen LogP contribution < -0.4 is 5.32 Å². The first kappa shape index (κ1) is 13.7. The molecule has 2 aromatic rings. The number of rotatable bonds is 7. The van der Waals surface area contributed by atoms with Crippen LogP contribution in [0.5, 0.6) is 0 Å². The molecule has 0 spiro atoms. The van der Waals surface area contributed by atoms with Gasteiger partial charge in [0.05, 0.1) is 17.7 Å². The monoisotopic (exact) mass is 274 g/mol. The van der Waals surface area contributed by atoms with E-state index >= 15 is 0 Å². The van der Waals surface area contributed by atoms with Gasteiger partial charge in [-0.1, -0.05) is 11.3 Å². The van der Waals surface area contributed by atoms with Crippen LogP contribution in [0.3, 0.4) is 0 Å². The first-order valence-electron chi connectivity index (χ1n) is 6.04. The van der Waals surface area contributed by atoms with Crippen molar-refractivity contribution >= 4 is 11.5 Å². The minimum Gasteiger partial charge on any atom is -0.359 e. The van der Waals surface area contributed by atoms with Crippen molar-refractivity contribution in [3.63, 3.8) is 0 Å². The van der Waals surface area contributed by atoms with Crippen molar-refractivity contribution in [3.8, 4) is 0 Å². The summed E-state index contributed by atoms with van der Waals surface area (Å²) in [6.45, 7) is 4.67. The Balaban J connectivity index is 2.00. The molecule has 0 saturated heterocycles. The Morgan fingerprint density at radius 2 is 2.40 bits per heavy atom. The van der Waals surface area contributed by atoms with Gasteiger partial charge < -0.3 is 5.32 Å². The maximum Gasteiger partial charge on any atom is 0.311 e. The van der Waals surface area contributed by atoms with Crippen LogP contribution in [0.15, 0.2) is 37.2 Å². The Hall–Kier alpha value is -2.77. The molecule has 2 heterocycles. The van der Waals surface area contributed by atoms with Crippen LogP contribution in [0.25, 0.3) is 0 Å². The van der Waals surface area contributed by atoms with Gasteiger partial charge in [0.2, 0.25) is 5.82 Å². The smallest absolute Gasteiger partial charge is 0.311 e. The highest BCUT2D eigenvalue weighted by Gasteiger charge is 2.13. The molecule has 0 amide bonds. The van der Waals surface area contributed by atoms with Crippen LogP contribution in [-0.2, 0) is 13.1 Å². The summed E-state index contributed by atoms with van der Waals surface area (Å²) in [7, 11) is 0. The molecule has 0 bridgehead atoms. The summed E-state index contributed by atoms with van der Waals surface area (Å²) in [6.07, 6.45) is 5.89. The van der Waals surface area contributed by atoms with Crippen molar-refractivity contribution in [2.75, 3.05) is 5.32 Å². The van der Waals surface area contributed by atoms with E-state index in [9.17, 15) is 10.1 Å². The van der Waals surface area contributed by atoms with Crippen LogP contribution >= 0.6 is 0 Å². The molecule has 0 aromatic carbocycles.